The van der Waals surface area contributed by atoms with Crippen LogP contribution in [0.25, 0.3) is 11.1 Å². The highest BCUT2D eigenvalue weighted by molar-refractivity contribution is 6.35. The maximum absolute atomic E-state index is 14.0. The molecule has 3 aromatic rings. The Morgan fingerprint density at radius 3 is 2.33 bits per heavy atom. The van der Waals surface area contributed by atoms with Crippen LogP contribution in [0, 0.1) is 11.7 Å². The average Bonchev–Trinajstić information content (AvgIpc) is 3.47. The van der Waals surface area contributed by atoms with E-state index in [1.54, 1.807) is 30.3 Å². The number of fused-ring (bicyclic) bond motifs is 1. The molecule has 0 spiro atoms. The average molecular weight is 581 g/mol. The Balaban J connectivity index is 1.24. The lowest BCUT2D eigenvalue weighted by atomic mass is 9.79. The molecule has 6 rings (SSSR count). The van der Waals surface area contributed by atoms with Gasteiger partial charge in [-0.05, 0) is 104 Å². The summed E-state index contributed by atoms with van der Waals surface area (Å²) in [7, 11) is 0. The summed E-state index contributed by atoms with van der Waals surface area (Å²) in [5.74, 6) is 0.192. The van der Waals surface area contributed by atoms with E-state index in [1.165, 1.54) is 42.9 Å². The van der Waals surface area contributed by atoms with E-state index in [4.69, 9.17) is 23.2 Å². The van der Waals surface area contributed by atoms with E-state index in [2.05, 4.69) is 33.3 Å². The van der Waals surface area contributed by atoms with E-state index >= 15 is 0 Å². The van der Waals surface area contributed by atoms with Crippen LogP contribution in [0.4, 0.5) is 10.1 Å². The third-order valence-corrected chi connectivity index (χ3v) is 9.47. The summed E-state index contributed by atoms with van der Waals surface area (Å²) in [5, 5.41) is 4.00. The van der Waals surface area contributed by atoms with Gasteiger partial charge in [0.05, 0.1) is 6.54 Å². The van der Waals surface area contributed by atoms with Crippen molar-refractivity contribution in [2.75, 3.05) is 31.5 Å². The first-order chi connectivity index (χ1) is 19.4. The van der Waals surface area contributed by atoms with E-state index in [0.717, 1.165) is 56.1 Å². The first-order valence-corrected chi connectivity index (χ1v) is 15.3. The maximum atomic E-state index is 14.0. The van der Waals surface area contributed by atoms with Crippen molar-refractivity contribution in [3.63, 3.8) is 0 Å². The molecule has 1 atom stereocenters. The largest absolute Gasteiger partial charge is 0.325 e. The summed E-state index contributed by atoms with van der Waals surface area (Å²) in [6.07, 6.45) is 8.50. The van der Waals surface area contributed by atoms with E-state index in [0.29, 0.717) is 28.2 Å². The van der Waals surface area contributed by atoms with Crippen LogP contribution in [-0.2, 0) is 11.2 Å². The molecule has 1 amide bonds. The lowest BCUT2D eigenvalue weighted by Gasteiger charge is -2.45. The van der Waals surface area contributed by atoms with Gasteiger partial charge in [-0.25, -0.2) is 4.39 Å². The van der Waals surface area contributed by atoms with Crippen LogP contribution in [-0.4, -0.2) is 47.9 Å². The SMILES string of the molecule is O=C(CN1CCc2cc(-c3cccc(F)c3)ccc2C1C1CCN(C2CCCC2)CC1)Nc1cc(Cl)cc(Cl)c1. The Bertz CT molecular complexity index is 1350. The van der Waals surface area contributed by atoms with Crippen molar-refractivity contribution in [1.82, 2.24) is 9.80 Å². The summed E-state index contributed by atoms with van der Waals surface area (Å²) in [4.78, 5) is 18.3. The highest BCUT2D eigenvalue weighted by Crippen LogP contribution is 2.42. The molecule has 7 heteroatoms. The molecular weight excluding hydrogens is 544 g/mol. The molecular formula is C33H36Cl2FN3O. The Morgan fingerprint density at radius 2 is 1.60 bits per heavy atom. The zero-order chi connectivity index (χ0) is 27.6. The van der Waals surface area contributed by atoms with Crippen molar-refractivity contribution in [3.8, 4) is 11.1 Å². The van der Waals surface area contributed by atoms with Crippen molar-refractivity contribution in [2.24, 2.45) is 5.92 Å². The van der Waals surface area contributed by atoms with E-state index in [9.17, 15) is 9.18 Å². The van der Waals surface area contributed by atoms with Crippen LogP contribution in [0.3, 0.4) is 0 Å². The van der Waals surface area contributed by atoms with Crippen molar-refractivity contribution in [1.29, 1.82) is 0 Å². The van der Waals surface area contributed by atoms with Crippen LogP contribution in [0.15, 0.2) is 60.7 Å². The number of hydrogen-bond donors (Lipinski definition) is 1. The van der Waals surface area contributed by atoms with Crippen molar-refractivity contribution in [3.05, 3.63) is 87.7 Å². The number of hydrogen-bond acceptors (Lipinski definition) is 3. The normalized spacial score (nSPS) is 20.9. The van der Waals surface area contributed by atoms with Gasteiger partial charge in [-0.2, -0.15) is 0 Å². The number of likely N-dealkylation sites (tertiary alicyclic amines) is 1. The minimum atomic E-state index is -0.222. The Kier molecular flexibility index (Phi) is 8.45. The predicted octanol–water partition coefficient (Wildman–Crippen LogP) is 7.99. The summed E-state index contributed by atoms with van der Waals surface area (Å²) >= 11 is 12.3. The van der Waals surface area contributed by atoms with Gasteiger partial charge in [-0.1, -0.05) is 66.4 Å². The van der Waals surface area contributed by atoms with Gasteiger partial charge < -0.3 is 10.2 Å². The molecule has 0 radical (unpaired) electrons. The second-order valence-corrected chi connectivity index (χ2v) is 12.5. The lowest BCUT2D eigenvalue weighted by Crippen LogP contribution is -2.47. The molecule has 3 aromatic carbocycles. The monoisotopic (exact) mass is 579 g/mol. The molecule has 1 saturated heterocycles. The fourth-order valence-electron chi connectivity index (χ4n) is 7.17. The molecule has 1 N–H and O–H groups in total. The van der Waals surface area contributed by atoms with E-state index in [1.807, 2.05) is 6.07 Å². The Morgan fingerprint density at radius 1 is 0.875 bits per heavy atom. The zero-order valence-electron chi connectivity index (χ0n) is 22.7. The molecule has 40 heavy (non-hydrogen) atoms. The van der Waals surface area contributed by atoms with Gasteiger partial charge in [0, 0.05) is 34.4 Å². The highest BCUT2D eigenvalue weighted by atomic mass is 35.5. The first-order valence-electron chi connectivity index (χ1n) is 14.6. The number of benzene rings is 3. The summed E-state index contributed by atoms with van der Waals surface area (Å²) in [6.45, 7) is 3.37. The topological polar surface area (TPSA) is 35.6 Å². The standard InChI is InChI=1S/C33H36Cl2FN3O/c34-26-18-27(35)20-29(19-26)37-32(40)21-39-15-12-25-16-24(23-4-3-5-28(36)17-23)8-9-31(25)33(39)22-10-13-38(14-11-22)30-6-1-2-7-30/h3-5,8-9,16-20,22,30,33H,1-2,6-7,10-15,21H2,(H,37,40). The maximum Gasteiger partial charge on any atom is 0.238 e. The van der Waals surface area contributed by atoms with Gasteiger partial charge in [0.25, 0.3) is 0 Å². The van der Waals surface area contributed by atoms with E-state index in [-0.39, 0.29) is 17.8 Å². The van der Waals surface area contributed by atoms with Crippen molar-refractivity contribution >= 4 is 34.8 Å². The molecule has 2 fully saturated rings. The number of anilines is 1. The number of halogens is 3. The van der Waals surface area contributed by atoms with Crippen LogP contribution < -0.4 is 5.32 Å². The number of nitrogens with one attached hydrogen (secondary N) is 1. The van der Waals surface area contributed by atoms with Crippen LogP contribution in [0.1, 0.15) is 55.7 Å². The Hall–Kier alpha value is -2.44. The molecule has 0 bridgehead atoms. The number of nitrogens with zero attached hydrogens (tertiary/aromatic N) is 2. The summed E-state index contributed by atoms with van der Waals surface area (Å²) in [5.41, 5.74) is 5.16. The molecule has 0 aromatic heterocycles. The predicted molar refractivity (Wildman–Crippen MR) is 161 cm³/mol. The number of rotatable bonds is 6. The van der Waals surface area contributed by atoms with Gasteiger partial charge >= 0.3 is 0 Å². The Labute approximate surface area is 246 Å². The van der Waals surface area contributed by atoms with Crippen LogP contribution >= 0.6 is 23.2 Å². The molecule has 1 unspecified atom stereocenters. The minimum Gasteiger partial charge on any atom is -0.325 e. The van der Waals surface area contributed by atoms with Crippen molar-refractivity contribution < 1.29 is 9.18 Å². The first kappa shape index (κ1) is 27.7. The number of piperidine rings is 1. The van der Waals surface area contributed by atoms with Crippen molar-refractivity contribution in [2.45, 2.75) is 57.0 Å². The smallest absolute Gasteiger partial charge is 0.238 e. The zero-order valence-corrected chi connectivity index (χ0v) is 24.2. The van der Waals surface area contributed by atoms with Gasteiger partial charge in [-0.3, -0.25) is 9.69 Å². The third-order valence-electron chi connectivity index (χ3n) is 9.04. The second kappa shape index (κ2) is 12.2. The minimum absolute atomic E-state index is 0.0634. The fourth-order valence-corrected chi connectivity index (χ4v) is 7.69. The summed E-state index contributed by atoms with van der Waals surface area (Å²) in [6, 6.07) is 19.4. The fraction of sp³-hybridized carbons (Fsp3) is 0.424. The second-order valence-electron chi connectivity index (χ2n) is 11.6. The molecule has 1 saturated carbocycles. The quantitative estimate of drug-likeness (QED) is 0.321. The van der Waals surface area contributed by atoms with Gasteiger partial charge in [0.2, 0.25) is 5.91 Å². The molecule has 210 valence electrons. The van der Waals surface area contributed by atoms with Gasteiger partial charge in [-0.15, -0.1) is 0 Å². The molecule has 2 aliphatic heterocycles. The van der Waals surface area contributed by atoms with Gasteiger partial charge in [0.1, 0.15) is 5.82 Å². The van der Waals surface area contributed by atoms with Crippen LogP contribution in [0.2, 0.25) is 10.0 Å². The number of carbonyl (C=O) groups is 1. The summed E-state index contributed by atoms with van der Waals surface area (Å²) < 4.78 is 14.0. The molecule has 2 heterocycles. The van der Waals surface area contributed by atoms with E-state index < -0.39 is 0 Å². The van der Waals surface area contributed by atoms with Gasteiger partial charge in [0.15, 0.2) is 0 Å². The highest BCUT2D eigenvalue weighted by Gasteiger charge is 2.37. The molecule has 1 aliphatic carbocycles. The van der Waals surface area contributed by atoms with Crippen LogP contribution in [0.5, 0.6) is 0 Å². The number of carbonyl (C=O) groups excluding carboxylic acids is 1. The lowest BCUT2D eigenvalue weighted by molar-refractivity contribution is -0.118. The third kappa shape index (κ3) is 6.23. The molecule has 3 aliphatic rings. The number of amides is 1. The molecule has 4 nitrogen and oxygen atoms in total.